The molecule has 2 amide bonds. The van der Waals surface area contributed by atoms with Gasteiger partial charge in [-0.05, 0) is 43.2 Å². The van der Waals surface area contributed by atoms with Crippen molar-refractivity contribution in [3.8, 4) is 5.75 Å². The molecule has 29 heavy (non-hydrogen) atoms. The molecule has 3 rings (SSSR count). The quantitative estimate of drug-likeness (QED) is 0.798. The number of benzene rings is 2. The number of rotatable bonds is 5. The van der Waals surface area contributed by atoms with Crippen molar-refractivity contribution in [2.45, 2.75) is 13.8 Å². The number of carbonyl (C=O) groups excluding carboxylic acids is 2. The summed E-state index contributed by atoms with van der Waals surface area (Å²) >= 11 is 0. The summed E-state index contributed by atoms with van der Waals surface area (Å²) in [7, 11) is 1.39. The van der Waals surface area contributed by atoms with Crippen molar-refractivity contribution in [3.63, 3.8) is 0 Å². The summed E-state index contributed by atoms with van der Waals surface area (Å²) in [5.74, 6) is -0.670. The van der Waals surface area contributed by atoms with E-state index in [4.69, 9.17) is 4.74 Å². The van der Waals surface area contributed by atoms with Crippen LogP contribution in [0.25, 0.3) is 0 Å². The fourth-order valence-electron chi connectivity index (χ4n) is 3.61. The number of hydrogen-bond donors (Lipinski definition) is 2. The Bertz CT molecular complexity index is 888. The second-order valence-electron chi connectivity index (χ2n) is 7.38. The van der Waals surface area contributed by atoms with Crippen LogP contribution in [0.3, 0.4) is 0 Å². The largest absolute Gasteiger partial charge is 0.494 e. The molecular weight excluding hydrogens is 373 g/mol. The molecule has 1 heterocycles. The van der Waals surface area contributed by atoms with Crippen LogP contribution in [0.5, 0.6) is 5.75 Å². The van der Waals surface area contributed by atoms with Gasteiger partial charge in [0.05, 0.1) is 33.3 Å². The minimum Gasteiger partial charge on any atom is -0.494 e. The van der Waals surface area contributed by atoms with E-state index in [1.165, 1.54) is 19.2 Å². The molecule has 1 aliphatic heterocycles. The molecule has 1 fully saturated rings. The normalized spacial score (nSPS) is 14.6. The van der Waals surface area contributed by atoms with Gasteiger partial charge in [0, 0.05) is 11.3 Å². The molecule has 0 aromatic heterocycles. The van der Waals surface area contributed by atoms with E-state index in [1.807, 2.05) is 32.0 Å². The molecule has 0 aliphatic carbocycles. The average Bonchev–Trinajstić information content (AvgIpc) is 2.71. The maximum Gasteiger partial charge on any atom is 0.279 e. The van der Waals surface area contributed by atoms with E-state index in [0.29, 0.717) is 38.3 Å². The number of hydrogen-bond acceptors (Lipinski definition) is 3. The lowest BCUT2D eigenvalue weighted by Gasteiger charge is -2.32. The van der Waals surface area contributed by atoms with E-state index < -0.39 is 5.82 Å². The Morgan fingerprint density at radius 1 is 1.14 bits per heavy atom. The molecule has 2 aromatic carbocycles. The number of methoxy groups -OCH3 is 1. The molecule has 6 nitrogen and oxygen atoms in total. The highest BCUT2D eigenvalue weighted by Crippen LogP contribution is 2.20. The van der Waals surface area contributed by atoms with Crippen molar-refractivity contribution >= 4 is 17.5 Å². The molecule has 0 spiro atoms. The number of piperazine rings is 1. The molecule has 0 saturated carbocycles. The van der Waals surface area contributed by atoms with E-state index in [-0.39, 0.29) is 17.6 Å². The summed E-state index contributed by atoms with van der Waals surface area (Å²) in [4.78, 5) is 27.9. The zero-order chi connectivity index (χ0) is 21.0. The van der Waals surface area contributed by atoms with E-state index in [1.54, 1.807) is 11.0 Å². The van der Waals surface area contributed by atoms with Crippen LogP contribution in [0, 0.1) is 19.7 Å². The van der Waals surface area contributed by atoms with Crippen molar-refractivity contribution in [1.82, 2.24) is 4.90 Å². The highest BCUT2D eigenvalue weighted by atomic mass is 19.1. The number of halogens is 1. The number of ether oxygens (including phenoxy) is 1. The Morgan fingerprint density at radius 3 is 2.38 bits per heavy atom. The van der Waals surface area contributed by atoms with Gasteiger partial charge in [0.25, 0.3) is 11.8 Å². The number of carbonyl (C=O) groups is 2. The van der Waals surface area contributed by atoms with E-state index in [0.717, 1.165) is 21.7 Å². The van der Waals surface area contributed by atoms with Crippen LogP contribution in [0.1, 0.15) is 21.5 Å². The van der Waals surface area contributed by atoms with Gasteiger partial charge in [-0.2, -0.15) is 0 Å². The average molecular weight is 400 g/mol. The Labute approximate surface area is 170 Å². The van der Waals surface area contributed by atoms with Gasteiger partial charge in [-0.15, -0.1) is 0 Å². The van der Waals surface area contributed by atoms with Gasteiger partial charge in [-0.25, -0.2) is 4.39 Å². The third-order valence-electron chi connectivity index (χ3n) is 5.31. The Kier molecular flexibility index (Phi) is 6.49. The summed E-state index contributed by atoms with van der Waals surface area (Å²) in [6.07, 6.45) is 0. The van der Waals surface area contributed by atoms with Gasteiger partial charge in [0.2, 0.25) is 0 Å². The fraction of sp³-hybridized carbons (Fsp3) is 0.364. The van der Waals surface area contributed by atoms with E-state index >= 15 is 0 Å². The number of nitrogens with one attached hydrogen (secondary N) is 2. The second-order valence-corrected chi connectivity index (χ2v) is 7.38. The summed E-state index contributed by atoms with van der Waals surface area (Å²) in [5, 5.41) is 3.01. The monoisotopic (exact) mass is 400 g/mol. The zero-order valence-electron chi connectivity index (χ0n) is 17.0. The molecule has 0 bridgehead atoms. The standard InChI is InChI=1S/C22H26FN3O3/c1-15-5-4-6-16(2)21(15)24-20(27)14-25-9-11-26(12-10-25)22(28)17-7-8-19(29-3)18(23)13-17/h4-8,13H,9-12,14H2,1-3H3,(H,24,27)/p+1. The van der Waals surface area contributed by atoms with Gasteiger partial charge < -0.3 is 19.9 Å². The first-order valence-electron chi connectivity index (χ1n) is 9.71. The smallest absolute Gasteiger partial charge is 0.279 e. The van der Waals surface area contributed by atoms with Crippen molar-refractivity contribution < 1.29 is 23.6 Å². The highest BCUT2D eigenvalue weighted by Gasteiger charge is 2.26. The van der Waals surface area contributed by atoms with Crippen molar-refractivity contribution in [2.75, 3.05) is 45.2 Å². The predicted octanol–water partition coefficient (Wildman–Crippen LogP) is 1.43. The van der Waals surface area contributed by atoms with Gasteiger partial charge in [-0.1, -0.05) is 18.2 Å². The van der Waals surface area contributed by atoms with Crippen LogP contribution in [0.15, 0.2) is 36.4 Å². The molecule has 0 atom stereocenters. The minimum absolute atomic E-state index is 0.0330. The fourth-order valence-corrected chi connectivity index (χ4v) is 3.61. The van der Waals surface area contributed by atoms with Crippen LogP contribution < -0.4 is 15.0 Å². The number of amides is 2. The van der Waals surface area contributed by atoms with Crippen molar-refractivity contribution in [2.24, 2.45) is 0 Å². The first-order valence-corrected chi connectivity index (χ1v) is 9.71. The third kappa shape index (κ3) is 4.92. The number of anilines is 1. The molecule has 2 N–H and O–H groups in total. The Morgan fingerprint density at radius 2 is 1.79 bits per heavy atom. The lowest BCUT2D eigenvalue weighted by molar-refractivity contribution is -0.895. The van der Waals surface area contributed by atoms with E-state index in [2.05, 4.69) is 5.32 Å². The predicted molar refractivity (Wildman–Crippen MR) is 109 cm³/mol. The van der Waals surface area contributed by atoms with Crippen LogP contribution in [0.2, 0.25) is 0 Å². The lowest BCUT2D eigenvalue weighted by Crippen LogP contribution is -3.15. The van der Waals surface area contributed by atoms with Crippen molar-refractivity contribution in [3.05, 3.63) is 58.9 Å². The molecule has 0 unspecified atom stereocenters. The van der Waals surface area contributed by atoms with Crippen molar-refractivity contribution in [1.29, 1.82) is 0 Å². The Balaban J connectivity index is 1.53. The summed E-state index contributed by atoms with van der Waals surface area (Å²) in [6, 6.07) is 10.2. The summed E-state index contributed by atoms with van der Waals surface area (Å²) < 4.78 is 18.8. The number of aryl methyl sites for hydroxylation is 2. The molecule has 0 radical (unpaired) electrons. The van der Waals surface area contributed by atoms with Gasteiger partial charge in [0.15, 0.2) is 18.1 Å². The SMILES string of the molecule is COc1ccc(C(=O)N2CC[NH+](CC(=O)Nc3c(C)cccc3C)CC2)cc1F. The van der Waals surface area contributed by atoms with Gasteiger partial charge in [-0.3, -0.25) is 9.59 Å². The van der Waals surface area contributed by atoms with E-state index in [9.17, 15) is 14.0 Å². The molecule has 2 aromatic rings. The maximum absolute atomic E-state index is 13.9. The molecule has 1 saturated heterocycles. The Hall–Kier alpha value is -2.93. The topological polar surface area (TPSA) is 63.1 Å². The second kappa shape index (κ2) is 9.05. The first-order chi connectivity index (χ1) is 13.9. The van der Waals surface area contributed by atoms with Gasteiger partial charge >= 0.3 is 0 Å². The summed E-state index contributed by atoms with van der Waals surface area (Å²) in [6.45, 7) is 6.70. The van der Waals surface area contributed by atoms with Crippen LogP contribution >= 0.6 is 0 Å². The van der Waals surface area contributed by atoms with Crippen LogP contribution in [-0.4, -0.2) is 56.5 Å². The molecule has 154 valence electrons. The van der Waals surface area contributed by atoms with Crippen LogP contribution in [0.4, 0.5) is 10.1 Å². The number of nitrogens with zero attached hydrogens (tertiary/aromatic N) is 1. The molecule has 1 aliphatic rings. The first kappa shape index (κ1) is 20.8. The van der Waals surface area contributed by atoms with Gasteiger partial charge in [0.1, 0.15) is 0 Å². The summed E-state index contributed by atoms with van der Waals surface area (Å²) in [5.41, 5.74) is 3.25. The van der Waals surface area contributed by atoms with Crippen LogP contribution in [-0.2, 0) is 4.79 Å². The highest BCUT2D eigenvalue weighted by molar-refractivity contribution is 5.94. The lowest BCUT2D eigenvalue weighted by atomic mass is 10.1. The number of quaternary nitrogens is 1. The number of para-hydroxylation sites is 1. The minimum atomic E-state index is -0.550. The molecule has 7 heteroatoms. The zero-order valence-corrected chi connectivity index (χ0v) is 17.0. The molecular formula is C22H27FN3O3+. The maximum atomic E-state index is 13.9. The third-order valence-corrected chi connectivity index (χ3v) is 5.31.